The van der Waals surface area contributed by atoms with Crippen LogP contribution in [0.3, 0.4) is 0 Å². The molecule has 1 heteroatoms. The third-order valence-electron chi connectivity index (χ3n) is 2.03. The van der Waals surface area contributed by atoms with E-state index < -0.39 is 0 Å². The lowest BCUT2D eigenvalue weighted by molar-refractivity contribution is 0.917. The van der Waals surface area contributed by atoms with Crippen molar-refractivity contribution in [1.29, 1.82) is 0 Å². The first-order valence-corrected chi connectivity index (χ1v) is 5.20. The van der Waals surface area contributed by atoms with Crippen LogP contribution < -0.4 is 0 Å². The molecule has 0 radical (unpaired) electrons. The smallest absolute Gasteiger partial charge is 0.0233 e. The predicted molar refractivity (Wildman–Crippen MR) is 57.6 cm³/mol. The van der Waals surface area contributed by atoms with E-state index in [1.54, 1.807) is 0 Å². The highest BCUT2D eigenvalue weighted by atomic mass is 79.9. The number of hydrogen-bond acceptors (Lipinski definition) is 0. The molecule has 0 aliphatic heterocycles. The van der Waals surface area contributed by atoms with Gasteiger partial charge < -0.3 is 0 Å². The van der Waals surface area contributed by atoms with Crippen LogP contribution in [-0.4, -0.2) is 0 Å². The van der Waals surface area contributed by atoms with Gasteiger partial charge in [0.05, 0.1) is 0 Å². The van der Waals surface area contributed by atoms with E-state index >= 15 is 0 Å². The minimum atomic E-state index is 1.19. The SMILES string of the molecule is CCCc1cc(C)c(Br)c(C)c1. The second-order valence-corrected chi connectivity index (χ2v) is 4.09. The average molecular weight is 227 g/mol. The lowest BCUT2D eigenvalue weighted by Gasteiger charge is -2.06. The third-order valence-corrected chi connectivity index (χ3v) is 3.29. The number of halogens is 1. The zero-order valence-corrected chi connectivity index (χ0v) is 9.53. The van der Waals surface area contributed by atoms with Crippen molar-refractivity contribution >= 4 is 15.9 Å². The van der Waals surface area contributed by atoms with Crippen LogP contribution in [0.15, 0.2) is 16.6 Å². The third kappa shape index (κ3) is 2.10. The van der Waals surface area contributed by atoms with Crippen LogP contribution >= 0.6 is 15.9 Å². The molecular formula is C11H15Br. The summed E-state index contributed by atoms with van der Waals surface area (Å²) in [6.07, 6.45) is 2.41. The molecule has 12 heavy (non-hydrogen) atoms. The Balaban J connectivity index is 3.04. The van der Waals surface area contributed by atoms with Gasteiger partial charge in [-0.05, 0) is 37.0 Å². The Bertz CT molecular complexity index is 253. The second-order valence-electron chi connectivity index (χ2n) is 3.29. The average Bonchev–Trinajstić information content (AvgIpc) is 2.01. The largest absolute Gasteiger partial charge is 0.0651 e. The molecule has 0 fully saturated rings. The Morgan fingerprint density at radius 1 is 1.17 bits per heavy atom. The Hall–Kier alpha value is -0.300. The van der Waals surface area contributed by atoms with Crippen LogP contribution in [0.25, 0.3) is 0 Å². The van der Waals surface area contributed by atoms with Crippen LogP contribution in [0.4, 0.5) is 0 Å². The van der Waals surface area contributed by atoms with Crippen molar-refractivity contribution in [3.8, 4) is 0 Å². The van der Waals surface area contributed by atoms with Crippen molar-refractivity contribution < 1.29 is 0 Å². The van der Waals surface area contributed by atoms with Gasteiger partial charge in [0.2, 0.25) is 0 Å². The molecule has 0 N–H and O–H groups in total. The Morgan fingerprint density at radius 3 is 2.08 bits per heavy atom. The van der Waals surface area contributed by atoms with Crippen molar-refractivity contribution in [2.45, 2.75) is 33.6 Å². The Labute approximate surface area is 83.1 Å². The van der Waals surface area contributed by atoms with E-state index in [-0.39, 0.29) is 0 Å². The van der Waals surface area contributed by atoms with E-state index in [2.05, 4.69) is 48.8 Å². The van der Waals surface area contributed by atoms with E-state index in [9.17, 15) is 0 Å². The summed E-state index contributed by atoms with van der Waals surface area (Å²) >= 11 is 3.56. The van der Waals surface area contributed by atoms with Crippen molar-refractivity contribution in [2.24, 2.45) is 0 Å². The zero-order valence-electron chi connectivity index (χ0n) is 7.95. The van der Waals surface area contributed by atoms with Gasteiger partial charge in [-0.3, -0.25) is 0 Å². The van der Waals surface area contributed by atoms with E-state index in [1.165, 1.54) is 34.0 Å². The van der Waals surface area contributed by atoms with E-state index in [0.717, 1.165) is 0 Å². The number of rotatable bonds is 2. The maximum absolute atomic E-state index is 3.56. The highest BCUT2D eigenvalue weighted by Gasteiger charge is 2.00. The van der Waals surface area contributed by atoms with E-state index in [0.29, 0.717) is 0 Å². The maximum atomic E-state index is 3.56. The molecule has 1 aromatic rings. The minimum Gasteiger partial charge on any atom is -0.0651 e. The van der Waals surface area contributed by atoms with Crippen LogP contribution in [0, 0.1) is 13.8 Å². The molecule has 0 unspecified atom stereocenters. The second kappa shape index (κ2) is 4.08. The van der Waals surface area contributed by atoms with Gasteiger partial charge in [-0.2, -0.15) is 0 Å². The molecule has 0 aliphatic rings. The summed E-state index contributed by atoms with van der Waals surface area (Å²) in [4.78, 5) is 0. The molecule has 0 aromatic heterocycles. The van der Waals surface area contributed by atoms with Gasteiger partial charge in [-0.1, -0.05) is 41.4 Å². The molecule has 0 amide bonds. The summed E-state index contributed by atoms with van der Waals surface area (Å²) in [5.41, 5.74) is 4.15. The molecule has 1 rings (SSSR count). The molecular weight excluding hydrogens is 212 g/mol. The number of aryl methyl sites for hydroxylation is 3. The van der Waals surface area contributed by atoms with Crippen LogP contribution in [0.1, 0.15) is 30.0 Å². The predicted octanol–water partition coefficient (Wildman–Crippen LogP) is 4.02. The van der Waals surface area contributed by atoms with Crippen LogP contribution in [0.5, 0.6) is 0 Å². The zero-order chi connectivity index (χ0) is 9.14. The topological polar surface area (TPSA) is 0 Å². The highest BCUT2D eigenvalue weighted by molar-refractivity contribution is 9.10. The van der Waals surface area contributed by atoms with Crippen LogP contribution in [0.2, 0.25) is 0 Å². The maximum Gasteiger partial charge on any atom is 0.0233 e. The molecule has 0 saturated heterocycles. The van der Waals surface area contributed by atoms with Gasteiger partial charge >= 0.3 is 0 Å². The van der Waals surface area contributed by atoms with Crippen LogP contribution in [-0.2, 0) is 6.42 Å². The van der Waals surface area contributed by atoms with Crippen molar-refractivity contribution in [2.75, 3.05) is 0 Å². The lowest BCUT2D eigenvalue weighted by atomic mass is 10.0. The summed E-state index contributed by atoms with van der Waals surface area (Å²) in [6, 6.07) is 4.53. The fourth-order valence-corrected chi connectivity index (χ4v) is 1.70. The van der Waals surface area contributed by atoms with Gasteiger partial charge in [0, 0.05) is 4.47 Å². The fourth-order valence-electron chi connectivity index (χ4n) is 1.47. The standard InChI is InChI=1S/C11H15Br/c1-4-5-10-6-8(2)11(12)9(3)7-10/h6-7H,4-5H2,1-3H3. The lowest BCUT2D eigenvalue weighted by Crippen LogP contribution is -1.88. The van der Waals surface area contributed by atoms with Gasteiger partial charge in [0.25, 0.3) is 0 Å². The normalized spacial score (nSPS) is 10.3. The molecule has 0 aliphatic carbocycles. The molecule has 1 aromatic carbocycles. The van der Waals surface area contributed by atoms with E-state index in [4.69, 9.17) is 0 Å². The summed E-state index contributed by atoms with van der Waals surface area (Å²) in [5.74, 6) is 0. The Kier molecular flexibility index (Phi) is 3.33. The van der Waals surface area contributed by atoms with Gasteiger partial charge in [0.1, 0.15) is 0 Å². The van der Waals surface area contributed by atoms with Crippen molar-refractivity contribution in [3.05, 3.63) is 33.3 Å². The first-order chi connectivity index (χ1) is 5.65. The first kappa shape index (κ1) is 9.79. The molecule has 0 bridgehead atoms. The molecule has 0 saturated carbocycles. The number of benzene rings is 1. The summed E-state index contributed by atoms with van der Waals surface area (Å²) < 4.78 is 1.25. The molecule has 0 spiro atoms. The monoisotopic (exact) mass is 226 g/mol. The molecule has 0 atom stereocenters. The quantitative estimate of drug-likeness (QED) is 0.715. The summed E-state index contributed by atoms with van der Waals surface area (Å²) in [6.45, 7) is 6.51. The number of hydrogen-bond donors (Lipinski definition) is 0. The molecule has 66 valence electrons. The summed E-state index contributed by atoms with van der Waals surface area (Å²) in [7, 11) is 0. The summed E-state index contributed by atoms with van der Waals surface area (Å²) in [5, 5.41) is 0. The van der Waals surface area contributed by atoms with Gasteiger partial charge in [-0.15, -0.1) is 0 Å². The van der Waals surface area contributed by atoms with E-state index in [1.807, 2.05) is 0 Å². The highest BCUT2D eigenvalue weighted by Crippen LogP contribution is 2.22. The minimum absolute atomic E-state index is 1.19. The fraction of sp³-hybridized carbons (Fsp3) is 0.455. The van der Waals surface area contributed by atoms with Crippen molar-refractivity contribution in [1.82, 2.24) is 0 Å². The van der Waals surface area contributed by atoms with Gasteiger partial charge in [0.15, 0.2) is 0 Å². The van der Waals surface area contributed by atoms with Gasteiger partial charge in [-0.25, -0.2) is 0 Å². The first-order valence-electron chi connectivity index (χ1n) is 4.40. The van der Waals surface area contributed by atoms with Crippen molar-refractivity contribution in [3.63, 3.8) is 0 Å². The molecule has 0 heterocycles. The Morgan fingerprint density at radius 2 is 1.67 bits per heavy atom. The molecule has 0 nitrogen and oxygen atoms in total.